The third-order valence-corrected chi connectivity index (χ3v) is 6.64. The molecule has 0 saturated heterocycles. The number of benzene rings is 4. The Kier molecular flexibility index (Phi) is 5.95. The number of aromatic hydroxyl groups is 1. The van der Waals surface area contributed by atoms with Crippen LogP contribution in [0.3, 0.4) is 0 Å². The first kappa shape index (κ1) is 22.7. The second-order valence-electron chi connectivity index (χ2n) is 9.24. The van der Waals surface area contributed by atoms with Crippen LogP contribution in [0.2, 0.25) is 0 Å². The molecule has 1 heterocycles. The van der Waals surface area contributed by atoms with Gasteiger partial charge < -0.3 is 10.4 Å². The Morgan fingerprint density at radius 3 is 2.51 bits per heavy atom. The summed E-state index contributed by atoms with van der Waals surface area (Å²) < 4.78 is 0. The number of fused-ring (bicyclic) bond motifs is 4. The number of carbonyl (C=O) groups excluding carboxylic acids is 1. The molecule has 0 unspecified atom stereocenters. The first-order valence-corrected chi connectivity index (χ1v) is 12.4. The van der Waals surface area contributed by atoms with Crippen LogP contribution in [0.1, 0.15) is 28.1 Å². The lowest BCUT2D eigenvalue weighted by Crippen LogP contribution is -2.19. The zero-order chi connectivity index (χ0) is 25.2. The van der Waals surface area contributed by atoms with Crippen molar-refractivity contribution >= 4 is 34.6 Å². The van der Waals surface area contributed by atoms with Crippen molar-refractivity contribution in [2.24, 2.45) is 0 Å². The van der Waals surface area contributed by atoms with Crippen molar-refractivity contribution in [3.63, 3.8) is 0 Å². The molecular formula is C32H25N3O2. The second kappa shape index (κ2) is 9.70. The molecule has 4 aromatic carbocycles. The van der Waals surface area contributed by atoms with Gasteiger partial charge in [-0.15, -0.1) is 0 Å². The molecule has 180 valence electrons. The molecule has 5 heteroatoms. The largest absolute Gasteiger partial charge is 0.508 e. The maximum Gasteiger partial charge on any atom is 0.230 e. The van der Waals surface area contributed by atoms with Crippen LogP contribution in [0, 0.1) is 0 Å². The van der Waals surface area contributed by atoms with E-state index in [2.05, 4.69) is 23.5 Å². The average molecular weight is 484 g/mol. The molecule has 0 fully saturated rings. The van der Waals surface area contributed by atoms with Gasteiger partial charge in [-0.2, -0.15) is 0 Å². The Morgan fingerprint density at radius 2 is 1.65 bits per heavy atom. The van der Waals surface area contributed by atoms with Gasteiger partial charge in [-0.05, 0) is 64.6 Å². The molecule has 1 aliphatic carbocycles. The smallest absolute Gasteiger partial charge is 0.230 e. The minimum atomic E-state index is -0.139. The van der Waals surface area contributed by atoms with Crippen LogP contribution in [0.25, 0.3) is 34.2 Å². The van der Waals surface area contributed by atoms with E-state index in [1.165, 1.54) is 0 Å². The zero-order valence-electron chi connectivity index (χ0n) is 20.2. The van der Waals surface area contributed by atoms with Gasteiger partial charge in [-0.25, -0.2) is 9.97 Å². The van der Waals surface area contributed by atoms with Crippen LogP contribution in [0.5, 0.6) is 5.75 Å². The Labute approximate surface area is 215 Å². The van der Waals surface area contributed by atoms with E-state index in [1.54, 1.807) is 12.1 Å². The maximum atomic E-state index is 13.1. The third kappa shape index (κ3) is 4.84. The van der Waals surface area contributed by atoms with E-state index in [0.29, 0.717) is 17.9 Å². The van der Waals surface area contributed by atoms with Crippen molar-refractivity contribution in [2.75, 3.05) is 5.32 Å². The van der Waals surface area contributed by atoms with E-state index in [-0.39, 0.29) is 18.1 Å². The molecule has 5 aromatic rings. The number of nitrogens with zero attached hydrogens (tertiary/aromatic N) is 2. The second-order valence-corrected chi connectivity index (χ2v) is 9.24. The SMILES string of the molecule is O=C(Cc1ccc2ccccc2c1)Nc1nc2c(nc1C=Cc1ccccc1)-c1ccc(O)cc1CC2. The fourth-order valence-corrected chi connectivity index (χ4v) is 4.80. The van der Waals surface area contributed by atoms with Crippen molar-refractivity contribution in [1.29, 1.82) is 0 Å². The number of amides is 1. The molecular weight excluding hydrogens is 458 g/mol. The summed E-state index contributed by atoms with van der Waals surface area (Å²) in [5, 5.41) is 15.2. The van der Waals surface area contributed by atoms with Crippen molar-refractivity contribution < 1.29 is 9.90 Å². The third-order valence-electron chi connectivity index (χ3n) is 6.64. The normalized spacial score (nSPS) is 12.3. The van der Waals surface area contributed by atoms with E-state index in [9.17, 15) is 9.90 Å². The number of aromatic nitrogens is 2. The van der Waals surface area contributed by atoms with Crippen LogP contribution in [0.15, 0.2) is 91.0 Å². The molecule has 0 aliphatic heterocycles. The highest BCUT2D eigenvalue weighted by Gasteiger charge is 2.22. The molecule has 1 aliphatic rings. The maximum absolute atomic E-state index is 13.1. The Hall–Kier alpha value is -4.77. The molecule has 2 N–H and O–H groups in total. The summed E-state index contributed by atoms with van der Waals surface area (Å²) >= 11 is 0. The van der Waals surface area contributed by atoms with Crippen molar-refractivity contribution in [3.8, 4) is 17.0 Å². The van der Waals surface area contributed by atoms with Gasteiger partial charge in [0.25, 0.3) is 0 Å². The number of aryl methyl sites for hydroxylation is 2. The lowest BCUT2D eigenvalue weighted by atomic mass is 9.91. The van der Waals surface area contributed by atoms with E-state index in [0.717, 1.165) is 50.8 Å². The van der Waals surface area contributed by atoms with E-state index in [1.807, 2.05) is 72.8 Å². The monoisotopic (exact) mass is 483 g/mol. The quantitative estimate of drug-likeness (QED) is 0.301. The summed E-state index contributed by atoms with van der Waals surface area (Å²) in [5.41, 5.74) is 6.22. The van der Waals surface area contributed by atoms with E-state index in [4.69, 9.17) is 9.97 Å². The number of nitrogens with one attached hydrogen (secondary N) is 1. The Balaban J connectivity index is 1.34. The number of carbonyl (C=O) groups is 1. The number of hydrogen-bond acceptors (Lipinski definition) is 4. The van der Waals surface area contributed by atoms with E-state index < -0.39 is 0 Å². The molecule has 1 aromatic heterocycles. The predicted octanol–water partition coefficient (Wildman–Crippen LogP) is 6.45. The standard InChI is InChI=1S/C32H25N3O2/c36-26-14-15-27-25(20-26)13-17-28-31(27)33-29(16-11-21-6-2-1-3-7-21)32(34-28)35-30(37)19-22-10-12-23-8-4-5-9-24(23)18-22/h1-12,14-16,18,20,36H,13,17,19H2,(H,34,35,37). The van der Waals surface area contributed by atoms with E-state index >= 15 is 0 Å². The van der Waals surface area contributed by atoms with Gasteiger partial charge in [0.2, 0.25) is 5.91 Å². The minimum absolute atomic E-state index is 0.139. The molecule has 0 saturated carbocycles. The molecule has 0 atom stereocenters. The Bertz CT molecular complexity index is 1660. The molecule has 6 rings (SSSR count). The molecule has 37 heavy (non-hydrogen) atoms. The van der Waals surface area contributed by atoms with Gasteiger partial charge in [0.05, 0.1) is 17.8 Å². The molecule has 0 bridgehead atoms. The highest BCUT2D eigenvalue weighted by atomic mass is 16.3. The van der Waals surface area contributed by atoms with Crippen molar-refractivity contribution in [1.82, 2.24) is 9.97 Å². The van der Waals surface area contributed by atoms with Gasteiger partial charge in [0.1, 0.15) is 11.4 Å². The highest BCUT2D eigenvalue weighted by Crippen LogP contribution is 2.35. The van der Waals surface area contributed by atoms with Crippen LogP contribution in [0.4, 0.5) is 5.82 Å². The summed E-state index contributed by atoms with van der Waals surface area (Å²) in [6.07, 6.45) is 5.55. The predicted molar refractivity (Wildman–Crippen MR) is 148 cm³/mol. The summed E-state index contributed by atoms with van der Waals surface area (Å²) in [6.45, 7) is 0. The highest BCUT2D eigenvalue weighted by molar-refractivity contribution is 5.94. The number of hydrogen-bond donors (Lipinski definition) is 2. The fourth-order valence-electron chi connectivity index (χ4n) is 4.80. The number of phenolic OH excluding ortho intramolecular Hbond substituents is 1. The molecule has 0 spiro atoms. The van der Waals surface area contributed by atoms with Crippen LogP contribution in [-0.4, -0.2) is 21.0 Å². The topological polar surface area (TPSA) is 75.1 Å². The first-order valence-electron chi connectivity index (χ1n) is 12.4. The zero-order valence-corrected chi connectivity index (χ0v) is 20.2. The van der Waals surface area contributed by atoms with Crippen LogP contribution in [-0.2, 0) is 24.1 Å². The molecule has 5 nitrogen and oxygen atoms in total. The number of phenols is 1. The average Bonchev–Trinajstić information content (AvgIpc) is 2.92. The summed E-state index contributed by atoms with van der Waals surface area (Å²) in [5.74, 6) is 0.566. The summed E-state index contributed by atoms with van der Waals surface area (Å²) in [7, 11) is 0. The molecule has 1 amide bonds. The van der Waals surface area contributed by atoms with Crippen molar-refractivity contribution in [2.45, 2.75) is 19.3 Å². The van der Waals surface area contributed by atoms with Gasteiger partial charge >= 0.3 is 0 Å². The van der Waals surface area contributed by atoms with Gasteiger partial charge in [0.15, 0.2) is 5.82 Å². The lowest BCUT2D eigenvalue weighted by Gasteiger charge is -2.20. The van der Waals surface area contributed by atoms with Gasteiger partial charge in [0, 0.05) is 5.56 Å². The summed E-state index contributed by atoms with van der Waals surface area (Å²) in [6, 6.07) is 29.5. The Morgan fingerprint density at radius 1 is 0.838 bits per heavy atom. The van der Waals surface area contributed by atoms with Crippen LogP contribution >= 0.6 is 0 Å². The first-order chi connectivity index (χ1) is 18.1. The minimum Gasteiger partial charge on any atom is -0.508 e. The summed E-state index contributed by atoms with van der Waals surface area (Å²) in [4.78, 5) is 22.9. The van der Waals surface area contributed by atoms with Gasteiger partial charge in [-0.3, -0.25) is 4.79 Å². The molecule has 0 radical (unpaired) electrons. The number of rotatable bonds is 5. The van der Waals surface area contributed by atoms with Crippen molar-refractivity contribution in [3.05, 3.63) is 119 Å². The lowest BCUT2D eigenvalue weighted by molar-refractivity contribution is -0.115. The fraction of sp³-hybridized carbons (Fsp3) is 0.0938. The number of anilines is 1. The van der Waals surface area contributed by atoms with Gasteiger partial charge in [-0.1, -0.05) is 78.9 Å². The van der Waals surface area contributed by atoms with Crippen LogP contribution < -0.4 is 5.32 Å².